The lowest BCUT2D eigenvalue weighted by Gasteiger charge is -2.33. The molecule has 2 aromatic rings. The molecule has 3 rings (SSSR count). The summed E-state index contributed by atoms with van der Waals surface area (Å²) in [4.78, 5) is 6.77. The first-order valence-electron chi connectivity index (χ1n) is 8.88. The number of guanidine groups is 1. The summed E-state index contributed by atoms with van der Waals surface area (Å²) in [7, 11) is 1.80. The molecule has 0 radical (unpaired) electrons. The van der Waals surface area contributed by atoms with Gasteiger partial charge in [-0.2, -0.15) is 0 Å². The number of thiophene rings is 1. The molecule has 1 fully saturated rings. The number of hydrogen-bond donors (Lipinski definition) is 2. The molecular weight excluding hydrogens is 368 g/mol. The molecule has 0 aliphatic carbocycles. The third kappa shape index (κ3) is 5.54. The third-order valence-corrected chi connectivity index (χ3v) is 5.50. The van der Waals surface area contributed by atoms with Crippen molar-refractivity contribution >= 4 is 33.9 Å². The van der Waals surface area contributed by atoms with Gasteiger partial charge in [-0.05, 0) is 48.6 Å². The summed E-state index contributed by atoms with van der Waals surface area (Å²) in [6.07, 6.45) is 2.22. The predicted octanol–water partition coefficient (Wildman–Crippen LogP) is 3.61. The molecule has 1 aliphatic rings. The molecule has 2 N–H and O–H groups in total. The van der Waals surface area contributed by atoms with Gasteiger partial charge in [0.1, 0.15) is 12.4 Å². The largest absolute Gasteiger partial charge is 0.492 e. The fraction of sp³-hybridized carbons (Fsp3) is 0.421. The van der Waals surface area contributed by atoms with Crippen molar-refractivity contribution in [2.24, 2.45) is 4.99 Å². The normalized spacial score (nSPS) is 15.8. The van der Waals surface area contributed by atoms with E-state index in [1.165, 1.54) is 5.00 Å². The van der Waals surface area contributed by atoms with Crippen molar-refractivity contribution in [2.45, 2.75) is 18.9 Å². The van der Waals surface area contributed by atoms with Gasteiger partial charge in [-0.15, -0.1) is 11.3 Å². The zero-order chi connectivity index (χ0) is 18.2. The highest BCUT2D eigenvalue weighted by molar-refractivity contribution is 7.14. The second kappa shape index (κ2) is 9.69. The monoisotopic (exact) mass is 392 g/mol. The molecule has 0 spiro atoms. The molecule has 26 heavy (non-hydrogen) atoms. The van der Waals surface area contributed by atoms with E-state index in [2.05, 4.69) is 38.0 Å². The van der Waals surface area contributed by atoms with E-state index in [0.29, 0.717) is 24.2 Å². The number of hydrogen-bond acceptors (Lipinski definition) is 4. The quantitative estimate of drug-likeness (QED) is 0.448. The maximum Gasteiger partial charge on any atom is 0.191 e. The van der Waals surface area contributed by atoms with Crippen LogP contribution < -0.4 is 20.3 Å². The lowest BCUT2D eigenvalue weighted by molar-refractivity contribution is 0.321. The molecule has 1 aromatic carbocycles. The van der Waals surface area contributed by atoms with Gasteiger partial charge in [0, 0.05) is 31.2 Å². The standard InChI is InChI=1S/C19H25ClN4OS/c1-21-19(22-9-12-25-17-5-2-4-15(20)14-17)23-16-7-10-24(11-8-16)18-6-3-13-26-18/h2-6,13-14,16H,7-12H2,1H3,(H2,21,22,23). The van der Waals surface area contributed by atoms with Crippen LogP contribution in [0.5, 0.6) is 5.75 Å². The number of piperidine rings is 1. The van der Waals surface area contributed by atoms with E-state index in [1.807, 2.05) is 35.6 Å². The van der Waals surface area contributed by atoms with Gasteiger partial charge in [0.05, 0.1) is 11.5 Å². The molecule has 2 heterocycles. The van der Waals surface area contributed by atoms with Crippen LogP contribution in [-0.4, -0.2) is 45.3 Å². The first kappa shape index (κ1) is 18.9. The average Bonchev–Trinajstić information content (AvgIpc) is 3.19. The van der Waals surface area contributed by atoms with Gasteiger partial charge in [0.25, 0.3) is 0 Å². The van der Waals surface area contributed by atoms with E-state index in [-0.39, 0.29) is 0 Å². The van der Waals surface area contributed by atoms with E-state index >= 15 is 0 Å². The van der Waals surface area contributed by atoms with Gasteiger partial charge >= 0.3 is 0 Å². The Bertz CT molecular complexity index is 699. The van der Waals surface area contributed by atoms with Crippen molar-refractivity contribution in [3.8, 4) is 5.75 Å². The maximum atomic E-state index is 5.95. The van der Waals surface area contributed by atoms with Crippen LogP contribution in [0.2, 0.25) is 5.02 Å². The Kier molecular flexibility index (Phi) is 7.03. The van der Waals surface area contributed by atoms with Gasteiger partial charge < -0.3 is 20.3 Å². The number of benzene rings is 1. The van der Waals surface area contributed by atoms with Crippen LogP contribution in [0.25, 0.3) is 0 Å². The second-order valence-electron chi connectivity index (χ2n) is 6.16. The molecule has 140 valence electrons. The van der Waals surface area contributed by atoms with Crippen molar-refractivity contribution < 1.29 is 4.74 Å². The smallest absolute Gasteiger partial charge is 0.191 e. The lowest BCUT2D eigenvalue weighted by atomic mass is 10.1. The van der Waals surface area contributed by atoms with Crippen molar-refractivity contribution in [1.29, 1.82) is 0 Å². The maximum absolute atomic E-state index is 5.95. The Labute approximate surface area is 164 Å². The molecule has 1 aliphatic heterocycles. The Hall–Kier alpha value is -1.92. The predicted molar refractivity (Wildman–Crippen MR) is 111 cm³/mol. The van der Waals surface area contributed by atoms with Crippen LogP contribution >= 0.6 is 22.9 Å². The Morgan fingerprint density at radius 1 is 1.31 bits per heavy atom. The van der Waals surface area contributed by atoms with E-state index in [0.717, 1.165) is 37.6 Å². The van der Waals surface area contributed by atoms with E-state index in [9.17, 15) is 0 Å². The topological polar surface area (TPSA) is 48.9 Å². The second-order valence-corrected chi connectivity index (χ2v) is 7.52. The summed E-state index contributed by atoms with van der Waals surface area (Å²) in [5.41, 5.74) is 0. The molecule has 0 bridgehead atoms. The molecule has 1 saturated heterocycles. The van der Waals surface area contributed by atoms with Crippen LogP contribution in [0.15, 0.2) is 46.8 Å². The third-order valence-electron chi connectivity index (χ3n) is 4.34. The van der Waals surface area contributed by atoms with Crippen LogP contribution in [-0.2, 0) is 0 Å². The molecular formula is C19H25ClN4OS. The highest BCUT2D eigenvalue weighted by Gasteiger charge is 2.20. The summed E-state index contributed by atoms with van der Waals surface area (Å²) < 4.78 is 5.69. The van der Waals surface area contributed by atoms with Crippen LogP contribution in [0.1, 0.15) is 12.8 Å². The molecule has 0 amide bonds. The van der Waals surface area contributed by atoms with E-state index in [4.69, 9.17) is 16.3 Å². The number of nitrogens with zero attached hydrogens (tertiary/aromatic N) is 2. The van der Waals surface area contributed by atoms with Gasteiger partial charge in [0.15, 0.2) is 5.96 Å². The molecule has 1 aromatic heterocycles. The zero-order valence-electron chi connectivity index (χ0n) is 15.0. The minimum Gasteiger partial charge on any atom is -0.492 e. The van der Waals surface area contributed by atoms with Gasteiger partial charge in [-0.3, -0.25) is 4.99 Å². The minimum atomic E-state index is 0.450. The Morgan fingerprint density at radius 2 is 2.15 bits per heavy atom. The highest BCUT2D eigenvalue weighted by atomic mass is 35.5. The first-order valence-corrected chi connectivity index (χ1v) is 10.1. The summed E-state index contributed by atoms with van der Waals surface area (Å²) >= 11 is 7.76. The van der Waals surface area contributed by atoms with Crippen molar-refractivity contribution in [3.63, 3.8) is 0 Å². The lowest BCUT2D eigenvalue weighted by Crippen LogP contribution is -2.49. The summed E-state index contributed by atoms with van der Waals surface area (Å²) in [6, 6.07) is 12.2. The zero-order valence-corrected chi connectivity index (χ0v) is 16.5. The van der Waals surface area contributed by atoms with Crippen molar-refractivity contribution in [2.75, 3.05) is 38.2 Å². The summed E-state index contributed by atoms with van der Waals surface area (Å²) in [5.74, 6) is 1.61. The van der Waals surface area contributed by atoms with Crippen LogP contribution in [0.4, 0.5) is 5.00 Å². The van der Waals surface area contributed by atoms with E-state index in [1.54, 1.807) is 7.05 Å². The fourth-order valence-electron chi connectivity index (χ4n) is 2.98. The fourth-order valence-corrected chi connectivity index (χ4v) is 3.94. The number of ether oxygens (including phenoxy) is 1. The number of halogens is 1. The number of anilines is 1. The Balaban J connectivity index is 1.36. The van der Waals surface area contributed by atoms with E-state index < -0.39 is 0 Å². The minimum absolute atomic E-state index is 0.450. The van der Waals surface area contributed by atoms with Crippen molar-refractivity contribution in [3.05, 3.63) is 46.8 Å². The highest BCUT2D eigenvalue weighted by Crippen LogP contribution is 2.24. The SMILES string of the molecule is CN=C(NCCOc1cccc(Cl)c1)NC1CCN(c2cccs2)CC1. The van der Waals surface area contributed by atoms with Crippen LogP contribution in [0, 0.1) is 0 Å². The number of aliphatic imine (C=N–C) groups is 1. The van der Waals surface area contributed by atoms with Crippen LogP contribution in [0.3, 0.4) is 0 Å². The molecule has 0 unspecified atom stereocenters. The van der Waals surface area contributed by atoms with Gasteiger partial charge in [-0.25, -0.2) is 0 Å². The summed E-state index contributed by atoms with van der Waals surface area (Å²) in [6.45, 7) is 3.39. The Morgan fingerprint density at radius 3 is 2.85 bits per heavy atom. The number of nitrogens with one attached hydrogen (secondary N) is 2. The summed E-state index contributed by atoms with van der Waals surface area (Å²) in [5, 5.41) is 11.0. The number of rotatable bonds is 6. The van der Waals surface area contributed by atoms with Gasteiger partial charge in [0.2, 0.25) is 0 Å². The first-order chi connectivity index (χ1) is 12.7. The van der Waals surface area contributed by atoms with Crippen molar-refractivity contribution in [1.82, 2.24) is 10.6 Å². The average molecular weight is 393 g/mol. The molecule has 5 nitrogen and oxygen atoms in total. The van der Waals surface area contributed by atoms with Gasteiger partial charge in [-0.1, -0.05) is 17.7 Å². The molecule has 0 atom stereocenters. The molecule has 0 saturated carbocycles. The molecule has 7 heteroatoms.